The van der Waals surface area contributed by atoms with Gasteiger partial charge in [-0.15, -0.1) is 11.3 Å². The van der Waals surface area contributed by atoms with E-state index in [1.165, 1.54) is 10.4 Å². The molecule has 1 N–H and O–H groups in total. The van der Waals surface area contributed by atoms with Crippen molar-refractivity contribution in [1.82, 2.24) is 4.90 Å². The summed E-state index contributed by atoms with van der Waals surface area (Å²) in [5.74, 6) is -0.0535. The molecule has 0 bridgehead atoms. The maximum Gasteiger partial charge on any atom is 0.306 e. The van der Waals surface area contributed by atoms with Gasteiger partial charge in [0.15, 0.2) is 0 Å². The van der Waals surface area contributed by atoms with Crippen molar-refractivity contribution in [3.63, 3.8) is 0 Å². The first-order valence-corrected chi connectivity index (χ1v) is 9.55. The van der Waals surface area contributed by atoms with Gasteiger partial charge in [0.2, 0.25) is 0 Å². The molecule has 6 heteroatoms. The number of thiophene rings is 1. The number of aliphatic carboxylic acids is 1. The minimum atomic E-state index is -0.675. The fraction of sp³-hybridized carbons (Fsp3) is 0.389. The molecule has 2 aromatic rings. The lowest BCUT2D eigenvalue weighted by Crippen LogP contribution is -2.39. The molecule has 0 radical (unpaired) electrons. The molecule has 0 saturated carbocycles. The zero-order chi connectivity index (χ0) is 17.1. The summed E-state index contributed by atoms with van der Waals surface area (Å²) in [6, 6.07) is 12.5. The van der Waals surface area contributed by atoms with Gasteiger partial charge in [0, 0.05) is 4.88 Å². The molecule has 1 unspecified atom stereocenters. The van der Waals surface area contributed by atoms with Gasteiger partial charge in [0.1, 0.15) is 5.75 Å². The fourth-order valence-corrected chi connectivity index (χ4v) is 4.83. The predicted octanol–water partition coefficient (Wildman–Crippen LogP) is 4.41. The summed E-state index contributed by atoms with van der Waals surface area (Å²) in [5.41, 5.74) is 1.18. The average Bonchev–Trinajstić information content (AvgIpc) is 3.02. The molecule has 24 heavy (non-hydrogen) atoms. The number of halogens is 1. The van der Waals surface area contributed by atoms with Crippen molar-refractivity contribution in [3.8, 4) is 5.75 Å². The standard InChI is InChI=1S/C18H20BrNO3S/c1-23-14-4-2-3-13(11-14)17(15-5-6-16(19)24-15)20-9-7-12(8-10-20)18(21)22/h2-6,11-12,17H,7-10H2,1H3,(H,21,22). The first-order chi connectivity index (χ1) is 11.6. The van der Waals surface area contributed by atoms with Crippen LogP contribution in [0.4, 0.5) is 0 Å². The molecule has 1 saturated heterocycles. The number of nitrogens with zero attached hydrogens (tertiary/aromatic N) is 1. The van der Waals surface area contributed by atoms with Gasteiger partial charge in [-0.2, -0.15) is 0 Å². The molecule has 1 aliphatic rings. The van der Waals surface area contributed by atoms with Crippen molar-refractivity contribution in [2.45, 2.75) is 18.9 Å². The lowest BCUT2D eigenvalue weighted by atomic mass is 9.94. The van der Waals surface area contributed by atoms with Crippen molar-refractivity contribution in [1.29, 1.82) is 0 Å². The molecule has 1 fully saturated rings. The lowest BCUT2D eigenvalue weighted by Gasteiger charge is -2.36. The number of hydrogen-bond acceptors (Lipinski definition) is 4. The number of rotatable bonds is 5. The number of benzene rings is 1. The molecule has 2 heterocycles. The number of carbonyl (C=O) groups is 1. The largest absolute Gasteiger partial charge is 0.497 e. The molecule has 1 aromatic carbocycles. The number of carboxylic acid groups (broad SMARTS) is 1. The number of carboxylic acids is 1. The van der Waals surface area contributed by atoms with E-state index in [4.69, 9.17) is 4.74 Å². The number of likely N-dealkylation sites (tertiary alicyclic amines) is 1. The highest BCUT2D eigenvalue weighted by Gasteiger charge is 2.31. The molecular weight excluding hydrogens is 390 g/mol. The van der Waals surface area contributed by atoms with E-state index >= 15 is 0 Å². The van der Waals surface area contributed by atoms with E-state index in [1.54, 1.807) is 18.4 Å². The van der Waals surface area contributed by atoms with Crippen molar-refractivity contribution in [2.75, 3.05) is 20.2 Å². The van der Waals surface area contributed by atoms with Crippen molar-refractivity contribution < 1.29 is 14.6 Å². The summed E-state index contributed by atoms with van der Waals surface area (Å²) < 4.78 is 6.48. The minimum absolute atomic E-state index is 0.131. The van der Waals surface area contributed by atoms with Crippen LogP contribution in [0.15, 0.2) is 40.2 Å². The number of hydrogen-bond donors (Lipinski definition) is 1. The molecule has 1 atom stereocenters. The maximum atomic E-state index is 11.2. The molecule has 1 aliphatic heterocycles. The highest BCUT2D eigenvalue weighted by atomic mass is 79.9. The van der Waals surface area contributed by atoms with E-state index in [0.717, 1.165) is 22.6 Å². The van der Waals surface area contributed by atoms with Crippen LogP contribution < -0.4 is 4.74 Å². The summed E-state index contributed by atoms with van der Waals surface area (Å²) in [4.78, 5) is 14.9. The normalized spacial score (nSPS) is 17.6. The molecular formula is C18H20BrNO3S. The quantitative estimate of drug-likeness (QED) is 0.794. The summed E-state index contributed by atoms with van der Waals surface area (Å²) in [7, 11) is 1.67. The third-order valence-corrected chi connectivity index (χ3v) is 6.19. The first-order valence-electron chi connectivity index (χ1n) is 7.94. The Bertz CT molecular complexity index is 710. The van der Waals surface area contributed by atoms with Gasteiger partial charge < -0.3 is 9.84 Å². The van der Waals surface area contributed by atoms with Crippen LogP contribution in [-0.2, 0) is 4.79 Å². The second-order valence-electron chi connectivity index (χ2n) is 5.97. The molecule has 0 aliphatic carbocycles. The number of piperidine rings is 1. The monoisotopic (exact) mass is 409 g/mol. The van der Waals surface area contributed by atoms with Gasteiger partial charge in [-0.3, -0.25) is 9.69 Å². The van der Waals surface area contributed by atoms with Crippen molar-refractivity contribution in [3.05, 3.63) is 50.6 Å². The Morgan fingerprint density at radius 2 is 2.08 bits per heavy atom. The molecule has 0 spiro atoms. The van der Waals surface area contributed by atoms with Gasteiger partial charge in [-0.25, -0.2) is 0 Å². The van der Waals surface area contributed by atoms with E-state index in [2.05, 4.69) is 45.1 Å². The van der Waals surface area contributed by atoms with Crippen molar-refractivity contribution in [2.24, 2.45) is 5.92 Å². The van der Waals surface area contributed by atoms with E-state index in [9.17, 15) is 9.90 Å². The Labute approximate surface area is 154 Å². The highest BCUT2D eigenvalue weighted by Crippen LogP contribution is 2.38. The van der Waals surface area contributed by atoms with Gasteiger partial charge >= 0.3 is 5.97 Å². The third-order valence-electron chi connectivity index (χ3n) is 4.52. The fourth-order valence-electron chi connectivity index (χ4n) is 3.25. The van der Waals surface area contributed by atoms with Crippen molar-refractivity contribution >= 4 is 33.2 Å². The van der Waals surface area contributed by atoms with Crippen LogP contribution in [-0.4, -0.2) is 36.2 Å². The van der Waals surface area contributed by atoms with Crippen LogP contribution in [0.25, 0.3) is 0 Å². The molecule has 1 aromatic heterocycles. The van der Waals surface area contributed by atoms with E-state index in [-0.39, 0.29) is 12.0 Å². The lowest BCUT2D eigenvalue weighted by molar-refractivity contribution is -0.143. The molecule has 3 rings (SSSR count). The van der Waals surface area contributed by atoms with E-state index in [1.807, 2.05) is 12.1 Å². The number of methoxy groups -OCH3 is 1. The molecule has 128 valence electrons. The van der Waals surface area contributed by atoms with Crippen LogP contribution in [0.5, 0.6) is 5.75 Å². The molecule has 0 amide bonds. The van der Waals surface area contributed by atoms with Gasteiger partial charge in [0.05, 0.1) is 22.9 Å². The van der Waals surface area contributed by atoms with E-state index in [0.29, 0.717) is 12.8 Å². The van der Waals surface area contributed by atoms with Gasteiger partial charge in [-0.1, -0.05) is 12.1 Å². The predicted molar refractivity (Wildman–Crippen MR) is 98.8 cm³/mol. The van der Waals surface area contributed by atoms with Crippen LogP contribution >= 0.6 is 27.3 Å². The Morgan fingerprint density at radius 1 is 1.33 bits per heavy atom. The van der Waals surface area contributed by atoms with Gasteiger partial charge in [0.25, 0.3) is 0 Å². The third kappa shape index (κ3) is 3.82. The smallest absolute Gasteiger partial charge is 0.306 e. The first kappa shape index (κ1) is 17.5. The van der Waals surface area contributed by atoms with Crippen LogP contribution in [0.3, 0.4) is 0 Å². The zero-order valence-electron chi connectivity index (χ0n) is 13.4. The topological polar surface area (TPSA) is 49.8 Å². The Kier molecular flexibility index (Phi) is 5.58. The summed E-state index contributed by atoms with van der Waals surface area (Å²) >= 11 is 5.27. The Morgan fingerprint density at radius 3 is 2.67 bits per heavy atom. The van der Waals surface area contributed by atoms with E-state index < -0.39 is 5.97 Å². The van der Waals surface area contributed by atoms with Crippen LogP contribution in [0.1, 0.15) is 29.3 Å². The van der Waals surface area contributed by atoms with Crippen LogP contribution in [0.2, 0.25) is 0 Å². The highest BCUT2D eigenvalue weighted by molar-refractivity contribution is 9.11. The summed E-state index contributed by atoms with van der Waals surface area (Å²) in [5, 5.41) is 9.23. The Hall–Kier alpha value is -1.37. The number of ether oxygens (including phenoxy) is 1. The zero-order valence-corrected chi connectivity index (χ0v) is 15.8. The van der Waals surface area contributed by atoms with Gasteiger partial charge in [-0.05, 0) is 71.7 Å². The maximum absolute atomic E-state index is 11.2. The summed E-state index contributed by atoms with van der Waals surface area (Å²) in [6.07, 6.45) is 1.39. The average molecular weight is 410 g/mol. The Balaban J connectivity index is 1.90. The SMILES string of the molecule is COc1cccc(C(c2ccc(Br)s2)N2CCC(C(=O)O)CC2)c1. The summed E-state index contributed by atoms with van der Waals surface area (Å²) in [6.45, 7) is 1.57. The molecule has 4 nitrogen and oxygen atoms in total. The second kappa shape index (κ2) is 7.68. The minimum Gasteiger partial charge on any atom is -0.497 e. The second-order valence-corrected chi connectivity index (χ2v) is 8.46. The van der Waals surface area contributed by atoms with Crippen LogP contribution in [0, 0.1) is 5.92 Å².